The highest BCUT2D eigenvalue weighted by Gasteiger charge is 2.49. The van der Waals surface area contributed by atoms with Gasteiger partial charge in [-0.1, -0.05) is 23.7 Å². The van der Waals surface area contributed by atoms with Gasteiger partial charge in [-0.3, -0.25) is 14.5 Å². The number of ether oxygens (including phenoxy) is 2. The molecule has 1 fully saturated rings. The predicted molar refractivity (Wildman–Crippen MR) is 103 cm³/mol. The Balaban J connectivity index is 1.86. The molecule has 0 radical (unpaired) electrons. The van der Waals surface area contributed by atoms with E-state index in [2.05, 4.69) is 5.32 Å². The number of halogens is 1. The highest BCUT2D eigenvalue weighted by atomic mass is 35.5. The molecule has 28 heavy (non-hydrogen) atoms. The van der Waals surface area contributed by atoms with Gasteiger partial charge in [0, 0.05) is 11.1 Å². The van der Waals surface area contributed by atoms with Crippen LogP contribution in [0.5, 0.6) is 11.5 Å². The maximum Gasteiger partial charge on any atom is 0.325 e. The van der Waals surface area contributed by atoms with Gasteiger partial charge in [-0.25, -0.2) is 4.79 Å². The number of ketones is 1. The maximum atomic E-state index is 13.0. The van der Waals surface area contributed by atoms with Gasteiger partial charge in [0.15, 0.2) is 5.78 Å². The molecular formula is C20H19ClN2O5. The van der Waals surface area contributed by atoms with Crippen LogP contribution in [0.15, 0.2) is 42.5 Å². The summed E-state index contributed by atoms with van der Waals surface area (Å²) < 4.78 is 10.3. The molecule has 3 rings (SSSR count). The zero-order valence-corrected chi connectivity index (χ0v) is 16.4. The van der Waals surface area contributed by atoms with Crippen molar-refractivity contribution >= 4 is 29.3 Å². The van der Waals surface area contributed by atoms with Gasteiger partial charge in [0.1, 0.15) is 17.0 Å². The first-order chi connectivity index (χ1) is 13.3. The molecule has 1 N–H and O–H groups in total. The number of rotatable bonds is 6. The fourth-order valence-corrected chi connectivity index (χ4v) is 3.28. The molecule has 1 aliphatic rings. The van der Waals surface area contributed by atoms with E-state index in [0.29, 0.717) is 22.1 Å². The maximum absolute atomic E-state index is 13.0. The number of amides is 3. The quantitative estimate of drug-likeness (QED) is 0.593. The number of Topliss-reactive ketones (excluding diaryl/α,β-unsaturated/α-hetero) is 1. The average Bonchev–Trinajstić information content (AvgIpc) is 2.91. The lowest BCUT2D eigenvalue weighted by Crippen LogP contribution is -2.41. The van der Waals surface area contributed by atoms with Gasteiger partial charge >= 0.3 is 6.03 Å². The molecule has 146 valence electrons. The van der Waals surface area contributed by atoms with Gasteiger partial charge in [-0.15, -0.1) is 0 Å². The lowest BCUT2D eigenvalue weighted by molar-refractivity contribution is -0.130. The van der Waals surface area contributed by atoms with Crippen LogP contribution in [0, 0.1) is 0 Å². The van der Waals surface area contributed by atoms with E-state index in [0.717, 1.165) is 4.90 Å². The summed E-state index contributed by atoms with van der Waals surface area (Å²) in [6, 6.07) is 10.7. The molecule has 0 saturated carbocycles. The van der Waals surface area contributed by atoms with Crippen LogP contribution in [0.3, 0.4) is 0 Å². The second-order valence-corrected chi connectivity index (χ2v) is 6.88. The van der Waals surface area contributed by atoms with Crippen LogP contribution in [-0.4, -0.2) is 43.4 Å². The van der Waals surface area contributed by atoms with Crippen molar-refractivity contribution in [2.45, 2.75) is 12.5 Å². The number of hydrogen-bond acceptors (Lipinski definition) is 5. The van der Waals surface area contributed by atoms with Crippen LogP contribution in [0.2, 0.25) is 5.02 Å². The number of imide groups is 1. The molecule has 2 aromatic carbocycles. The lowest BCUT2D eigenvalue weighted by Gasteiger charge is -2.22. The fourth-order valence-electron chi connectivity index (χ4n) is 3.09. The molecule has 0 aromatic heterocycles. The van der Waals surface area contributed by atoms with Crippen molar-refractivity contribution in [2.24, 2.45) is 0 Å². The van der Waals surface area contributed by atoms with Crippen LogP contribution in [0.25, 0.3) is 0 Å². The van der Waals surface area contributed by atoms with E-state index in [1.807, 2.05) is 0 Å². The van der Waals surface area contributed by atoms with Crippen molar-refractivity contribution in [3.63, 3.8) is 0 Å². The number of nitrogens with zero attached hydrogens (tertiary/aromatic N) is 1. The molecule has 8 heteroatoms. The van der Waals surface area contributed by atoms with Crippen molar-refractivity contribution in [2.75, 3.05) is 20.8 Å². The SMILES string of the molecule is COc1ccc(C(=O)CN2C(=O)NC(C)(c3cccc(Cl)c3)C2=O)c(OC)c1. The van der Waals surface area contributed by atoms with Crippen LogP contribution >= 0.6 is 11.6 Å². The van der Waals surface area contributed by atoms with Gasteiger partial charge in [0.05, 0.1) is 26.3 Å². The average molecular weight is 403 g/mol. The summed E-state index contributed by atoms with van der Waals surface area (Å²) >= 11 is 6.01. The second kappa shape index (κ2) is 7.52. The Kier molecular flexibility index (Phi) is 5.29. The Morgan fingerprint density at radius 1 is 1.14 bits per heavy atom. The zero-order valence-electron chi connectivity index (χ0n) is 15.6. The van der Waals surface area contributed by atoms with Gasteiger partial charge in [-0.05, 0) is 36.8 Å². The number of nitrogens with one attached hydrogen (secondary N) is 1. The zero-order chi connectivity index (χ0) is 20.5. The summed E-state index contributed by atoms with van der Waals surface area (Å²) in [5, 5.41) is 3.10. The third-order valence-corrected chi connectivity index (χ3v) is 4.92. The van der Waals surface area contributed by atoms with E-state index in [1.165, 1.54) is 20.3 Å². The van der Waals surface area contributed by atoms with Crippen LogP contribution < -0.4 is 14.8 Å². The van der Waals surface area contributed by atoms with E-state index < -0.39 is 29.8 Å². The summed E-state index contributed by atoms with van der Waals surface area (Å²) in [5.41, 5.74) is -0.512. The molecule has 3 amide bonds. The lowest BCUT2D eigenvalue weighted by atomic mass is 9.92. The smallest absolute Gasteiger partial charge is 0.325 e. The summed E-state index contributed by atoms with van der Waals surface area (Å²) in [4.78, 5) is 39.1. The minimum absolute atomic E-state index is 0.250. The standard InChI is InChI=1S/C20H19ClN2O5/c1-20(12-5-4-6-13(21)9-12)18(25)23(19(26)22-20)11-16(24)15-8-7-14(27-2)10-17(15)28-3/h4-10H,11H2,1-3H3,(H,22,26). The van der Waals surface area contributed by atoms with E-state index in [9.17, 15) is 14.4 Å². The Labute approximate surface area is 167 Å². The largest absolute Gasteiger partial charge is 0.497 e. The minimum Gasteiger partial charge on any atom is -0.497 e. The normalized spacial score (nSPS) is 18.8. The molecule has 1 atom stereocenters. The van der Waals surface area contributed by atoms with Crippen molar-refractivity contribution in [3.05, 3.63) is 58.6 Å². The fraction of sp³-hybridized carbons (Fsp3) is 0.250. The molecule has 1 aliphatic heterocycles. The number of benzene rings is 2. The van der Waals surface area contributed by atoms with Crippen molar-refractivity contribution in [1.82, 2.24) is 10.2 Å². The van der Waals surface area contributed by atoms with E-state index in [4.69, 9.17) is 21.1 Å². The van der Waals surface area contributed by atoms with E-state index in [-0.39, 0.29) is 5.56 Å². The van der Waals surface area contributed by atoms with E-state index in [1.54, 1.807) is 43.3 Å². The second-order valence-electron chi connectivity index (χ2n) is 6.45. The van der Waals surface area contributed by atoms with Crippen molar-refractivity contribution < 1.29 is 23.9 Å². The highest BCUT2D eigenvalue weighted by Crippen LogP contribution is 2.31. The monoisotopic (exact) mass is 402 g/mol. The number of urea groups is 1. The summed E-state index contributed by atoms with van der Waals surface area (Å²) in [6.45, 7) is 1.17. The topological polar surface area (TPSA) is 84.9 Å². The Morgan fingerprint density at radius 2 is 1.89 bits per heavy atom. The Hall–Kier alpha value is -3.06. The molecular weight excluding hydrogens is 384 g/mol. The van der Waals surface area contributed by atoms with Crippen LogP contribution in [-0.2, 0) is 10.3 Å². The molecule has 2 aromatic rings. The Morgan fingerprint density at radius 3 is 2.54 bits per heavy atom. The predicted octanol–water partition coefficient (Wildman–Crippen LogP) is 3.01. The van der Waals surface area contributed by atoms with Crippen molar-refractivity contribution in [3.8, 4) is 11.5 Å². The summed E-state index contributed by atoms with van der Waals surface area (Å²) in [6.07, 6.45) is 0. The van der Waals surface area contributed by atoms with Gasteiger partial charge in [-0.2, -0.15) is 0 Å². The molecule has 1 saturated heterocycles. The third-order valence-electron chi connectivity index (χ3n) is 4.69. The van der Waals surface area contributed by atoms with Crippen LogP contribution in [0.4, 0.5) is 4.79 Å². The number of carbonyl (C=O) groups is 3. The molecule has 1 heterocycles. The minimum atomic E-state index is -1.30. The molecule has 0 aliphatic carbocycles. The highest BCUT2D eigenvalue weighted by molar-refractivity contribution is 6.30. The summed E-state index contributed by atoms with van der Waals surface area (Å²) in [7, 11) is 2.93. The number of hydrogen-bond donors (Lipinski definition) is 1. The molecule has 7 nitrogen and oxygen atoms in total. The number of methoxy groups -OCH3 is 2. The first kappa shape index (κ1) is 19.7. The first-order valence-electron chi connectivity index (χ1n) is 8.45. The number of carbonyl (C=O) groups excluding carboxylic acids is 3. The first-order valence-corrected chi connectivity index (χ1v) is 8.83. The van der Waals surface area contributed by atoms with Gasteiger partial charge in [0.2, 0.25) is 0 Å². The molecule has 1 unspecified atom stereocenters. The van der Waals surface area contributed by atoms with E-state index >= 15 is 0 Å². The third kappa shape index (κ3) is 3.41. The molecule has 0 bridgehead atoms. The summed E-state index contributed by atoms with van der Waals surface area (Å²) in [5.74, 6) is -0.134. The van der Waals surface area contributed by atoms with Gasteiger partial charge in [0.25, 0.3) is 5.91 Å². The Bertz CT molecular complexity index is 961. The van der Waals surface area contributed by atoms with Crippen molar-refractivity contribution in [1.29, 1.82) is 0 Å². The van der Waals surface area contributed by atoms with Crippen LogP contribution in [0.1, 0.15) is 22.8 Å². The molecule has 0 spiro atoms. The van der Waals surface area contributed by atoms with Gasteiger partial charge < -0.3 is 14.8 Å².